The molecule has 0 unspecified atom stereocenters. The van der Waals surface area contributed by atoms with Gasteiger partial charge in [-0.3, -0.25) is 0 Å². The van der Waals surface area contributed by atoms with Crippen molar-refractivity contribution in [2.45, 2.75) is 12.8 Å². The van der Waals surface area contributed by atoms with E-state index >= 15 is 0 Å². The van der Waals surface area contributed by atoms with Crippen molar-refractivity contribution in [1.29, 1.82) is 0 Å². The molecule has 2 aromatic heterocycles. The van der Waals surface area contributed by atoms with Crippen LogP contribution in [-0.2, 0) is 6.42 Å². The van der Waals surface area contributed by atoms with Crippen molar-refractivity contribution < 1.29 is 4.74 Å². The third kappa shape index (κ3) is 1.93. The molecule has 1 aliphatic rings. The van der Waals surface area contributed by atoms with Gasteiger partial charge in [0.1, 0.15) is 5.75 Å². The first-order valence-electron chi connectivity index (χ1n) is 7.17. The molecular formula is C15H16N6O. The third-order valence-corrected chi connectivity index (χ3v) is 3.94. The Morgan fingerprint density at radius 1 is 1.32 bits per heavy atom. The maximum absolute atomic E-state index is 5.84. The van der Waals surface area contributed by atoms with Gasteiger partial charge in [-0.25, -0.2) is 4.98 Å². The predicted molar refractivity (Wildman–Crippen MR) is 84.4 cm³/mol. The number of nitrogens with zero attached hydrogens (tertiary/aromatic N) is 4. The minimum absolute atomic E-state index is 0.243. The second kappa shape index (κ2) is 4.87. The van der Waals surface area contributed by atoms with Crippen molar-refractivity contribution in [3.05, 3.63) is 30.1 Å². The molecule has 0 radical (unpaired) electrons. The fraction of sp³-hybridized carbons (Fsp3) is 0.267. The first-order chi connectivity index (χ1) is 10.8. The number of methoxy groups -OCH3 is 1. The first kappa shape index (κ1) is 12.9. The molecule has 0 fully saturated rings. The Bertz CT molecular complexity index is 843. The quantitative estimate of drug-likeness (QED) is 0.751. The molecule has 0 bridgehead atoms. The normalized spacial score (nSPS) is 14.1. The Hall–Kier alpha value is -2.83. The molecule has 3 heterocycles. The van der Waals surface area contributed by atoms with Gasteiger partial charge in [0.2, 0.25) is 5.95 Å². The van der Waals surface area contributed by atoms with E-state index in [1.165, 1.54) is 5.56 Å². The highest BCUT2D eigenvalue weighted by molar-refractivity contribution is 5.87. The maximum atomic E-state index is 5.84. The van der Waals surface area contributed by atoms with Gasteiger partial charge in [-0.15, -0.1) is 0 Å². The number of fused-ring (bicyclic) bond motifs is 2. The lowest BCUT2D eigenvalue weighted by Crippen LogP contribution is -2.26. The van der Waals surface area contributed by atoms with E-state index in [1.807, 2.05) is 6.07 Å². The van der Waals surface area contributed by atoms with Gasteiger partial charge in [0, 0.05) is 12.2 Å². The van der Waals surface area contributed by atoms with E-state index in [0.29, 0.717) is 5.65 Å². The second-order valence-corrected chi connectivity index (χ2v) is 5.25. The summed E-state index contributed by atoms with van der Waals surface area (Å²) in [6, 6.07) is 6.10. The Morgan fingerprint density at radius 2 is 2.23 bits per heavy atom. The zero-order valence-electron chi connectivity index (χ0n) is 12.2. The number of ether oxygens (including phenoxy) is 1. The van der Waals surface area contributed by atoms with Crippen LogP contribution < -0.4 is 15.4 Å². The summed E-state index contributed by atoms with van der Waals surface area (Å²) >= 11 is 0. The van der Waals surface area contributed by atoms with E-state index in [-0.39, 0.29) is 5.95 Å². The lowest BCUT2D eigenvalue weighted by atomic mass is 10.0. The molecule has 1 aliphatic heterocycles. The smallest absolute Gasteiger partial charge is 0.224 e. The maximum Gasteiger partial charge on any atom is 0.224 e. The van der Waals surface area contributed by atoms with Gasteiger partial charge in [-0.05, 0) is 36.6 Å². The Kier molecular flexibility index (Phi) is 2.85. The van der Waals surface area contributed by atoms with E-state index in [4.69, 9.17) is 10.5 Å². The van der Waals surface area contributed by atoms with Gasteiger partial charge in [-0.1, -0.05) is 0 Å². The molecule has 0 saturated carbocycles. The average Bonchev–Trinajstić information content (AvgIpc) is 3.01. The molecule has 3 aromatic rings. The fourth-order valence-electron chi connectivity index (χ4n) is 2.95. The van der Waals surface area contributed by atoms with Gasteiger partial charge in [0.15, 0.2) is 17.0 Å². The third-order valence-electron chi connectivity index (χ3n) is 3.94. The Morgan fingerprint density at radius 3 is 3.09 bits per heavy atom. The van der Waals surface area contributed by atoms with Crippen LogP contribution >= 0.6 is 0 Å². The number of nitrogens with one attached hydrogen (secondary N) is 1. The van der Waals surface area contributed by atoms with Gasteiger partial charge >= 0.3 is 0 Å². The molecule has 4 rings (SSSR count). The summed E-state index contributed by atoms with van der Waals surface area (Å²) in [4.78, 5) is 18.1. The number of benzene rings is 1. The minimum atomic E-state index is 0.243. The SMILES string of the molecule is COc1ccc2c(c1)CCCN2c1nc(N)nc2[nH]cnc12. The molecule has 22 heavy (non-hydrogen) atoms. The number of rotatable bonds is 2. The first-order valence-corrected chi connectivity index (χ1v) is 7.17. The van der Waals surface area contributed by atoms with Crippen LogP contribution in [0.4, 0.5) is 17.5 Å². The van der Waals surface area contributed by atoms with Gasteiger partial charge < -0.3 is 20.4 Å². The number of hydrogen-bond acceptors (Lipinski definition) is 6. The van der Waals surface area contributed by atoms with Crippen LogP contribution in [0.2, 0.25) is 0 Å². The Balaban J connectivity index is 1.88. The van der Waals surface area contributed by atoms with Crippen LogP contribution in [0.5, 0.6) is 5.75 Å². The summed E-state index contributed by atoms with van der Waals surface area (Å²) in [7, 11) is 1.68. The number of anilines is 3. The van der Waals surface area contributed by atoms with Crippen LogP contribution in [0.15, 0.2) is 24.5 Å². The molecular weight excluding hydrogens is 280 g/mol. The Labute approximate surface area is 127 Å². The number of aromatic nitrogens is 4. The van der Waals surface area contributed by atoms with Gasteiger partial charge in [0.05, 0.1) is 13.4 Å². The lowest BCUT2D eigenvalue weighted by Gasteiger charge is -2.30. The van der Waals surface area contributed by atoms with Crippen LogP contribution in [-0.4, -0.2) is 33.6 Å². The van der Waals surface area contributed by atoms with Crippen molar-refractivity contribution in [1.82, 2.24) is 19.9 Å². The number of nitrogen functional groups attached to an aromatic ring is 1. The number of aromatic amines is 1. The minimum Gasteiger partial charge on any atom is -0.497 e. The average molecular weight is 296 g/mol. The van der Waals surface area contributed by atoms with Crippen LogP contribution in [0.3, 0.4) is 0 Å². The molecule has 1 aromatic carbocycles. The largest absolute Gasteiger partial charge is 0.497 e. The van der Waals surface area contributed by atoms with E-state index in [1.54, 1.807) is 13.4 Å². The van der Waals surface area contributed by atoms with Gasteiger partial charge in [0.25, 0.3) is 0 Å². The predicted octanol–water partition coefficient (Wildman–Crippen LogP) is 2.03. The highest BCUT2D eigenvalue weighted by Crippen LogP contribution is 2.36. The number of hydrogen-bond donors (Lipinski definition) is 2. The molecule has 7 heteroatoms. The molecule has 0 saturated heterocycles. The molecule has 112 valence electrons. The molecule has 7 nitrogen and oxygen atoms in total. The number of nitrogens with two attached hydrogens (primary N) is 1. The zero-order valence-corrected chi connectivity index (χ0v) is 12.2. The monoisotopic (exact) mass is 296 g/mol. The van der Waals surface area contributed by atoms with Crippen molar-refractivity contribution in [2.24, 2.45) is 0 Å². The standard InChI is InChI=1S/C15H16N6O/c1-22-10-4-5-11-9(7-10)3-2-6-21(11)14-12-13(18-8-17-12)19-15(16)20-14/h4-5,7-8H,2-3,6H2,1H3,(H3,16,17,18,19,20). The second-order valence-electron chi connectivity index (χ2n) is 5.25. The van der Waals surface area contributed by atoms with E-state index in [0.717, 1.165) is 42.2 Å². The summed E-state index contributed by atoms with van der Waals surface area (Å²) < 4.78 is 5.32. The van der Waals surface area contributed by atoms with Crippen molar-refractivity contribution in [2.75, 3.05) is 24.3 Å². The van der Waals surface area contributed by atoms with Crippen LogP contribution in [0.1, 0.15) is 12.0 Å². The summed E-state index contributed by atoms with van der Waals surface area (Å²) in [5.41, 5.74) is 9.59. The van der Waals surface area contributed by atoms with Crippen LogP contribution in [0.25, 0.3) is 11.2 Å². The summed E-state index contributed by atoms with van der Waals surface area (Å²) in [5, 5.41) is 0. The topological polar surface area (TPSA) is 93.0 Å². The lowest BCUT2D eigenvalue weighted by molar-refractivity contribution is 0.414. The van der Waals surface area contributed by atoms with Gasteiger partial charge in [-0.2, -0.15) is 9.97 Å². The van der Waals surface area contributed by atoms with E-state index < -0.39 is 0 Å². The zero-order chi connectivity index (χ0) is 15.1. The molecule has 0 spiro atoms. The van der Waals surface area contributed by atoms with E-state index in [2.05, 4.69) is 37.0 Å². The summed E-state index contributed by atoms with van der Waals surface area (Å²) in [5.74, 6) is 1.86. The van der Waals surface area contributed by atoms with Crippen molar-refractivity contribution in [3.8, 4) is 5.75 Å². The van der Waals surface area contributed by atoms with Crippen molar-refractivity contribution in [3.63, 3.8) is 0 Å². The summed E-state index contributed by atoms with van der Waals surface area (Å²) in [6.45, 7) is 0.873. The van der Waals surface area contributed by atoms with E-state index in [9.17, 15) is 0 Å². The molecule has 0 atom stereocenters. The van der Waals surface area contributed by atoms with Crippen LogP contribution in [0, 0.1) is 0 Å². The highest BCUT2D eigenvalue weighted by atomic mass is 16.5. The highest BCUT2D eigenvalue weighted by Gasteiger charge is 2.23. The fourth-order valence-corrected chi connectivity index (χ4v) is 2.95. The number of imidazole rings is 1. The molecule has 0 aliphatic carbocycles. The van der Waals surface area contributed by atoms with Crippen molar-refractivity contribution >= 4 is 28.6 Å². The summed E-state index contributed by atoms with van der Waals surface area (Å²) in [6.07, 6.45) is 3.67. The molecule has 0 amide bonds. The number of H-pyrrole nitrogens is 1. The number of aryl methyl sites for hydroxylation is 1. The molecule has 3 N–H and O–H groups in total.